The molecule has 0 saturated heterocycles. The second kappa shape index (κ2) is 9.37. The summed E-state index contributed by atoms with van der Waals surface area (Å²) >= 11 is 0. The summed E-state index contributed by atoms with van der Waals surface area (Å²) in [6.07, 6.45) is 0. The van der Waals surface area contributed by atoms with Crippen LogP contribution in [0.3, 0.4) is 0 Å². The van der Waals surface area contributed by atoms with Gasteiger partial charge in [-0.05, 0) is 98.0 Å². The van der Waals surface area contributed by atoms with E-state index in [0.29, 0.717) is 17.2 Å². The van der Waals surface area contributed by atoms with Gasteiger partial charge in [-0.15, -0.1) is 0 Å². The van der Waals surface area contributed by atoms with Crippen molar-refractivity contribution in [1.82, 2.24) is 0 Å². The Labute approximate surface area is 248 Å². The topological polar surface area (TPSA) is 31.6 Å². The van der Waals surface area contributed by atoms with Crippen molar-refractivity contribution in [1.29, 1.82) is 0 Å². The summed E-state index contributed by atoms with van der Waals surface area (Å²) in [5.74, 6) is 4.39. The van der Waals surface area contributed by atoms with Crippen molar-refractivity contribution in [2.24, 2.45) is 0 Å². The van der Waals surface area contributed by atoms with Crippen LogP contribution in [0.1, 0.15) is 0 Å². The predicted octanol–water partition coefficient (Wildman–Crippen LogP) is 11.6. The molecule has 1 aromatic heterocycles. The molecule has 3 heteroatoms. The third-order valence-electron chi connectivity index (χ3n) is 8.35. The van der Waals surface area contributed by atoms with Crippen molar-refractivity contribution in [3.8, 4) is 56.8 Å². The van der Waals surface area contributed by atoms with Crippen LogP contribution >= 0.6 is 0 Å². The molecule has 0 bridgehead atoms. The Morgan fingerprint density at radius 3 is 1.51 bits per heavy atom. The zero-order chi connectivity index (χ0) is 28.3. The average Bonchev–Trinajstić information content (AvgIpc) is 3.58. The first-order valence-corrected chi connectivity index (χ1v) is 14.4. The van der Waals surface area contributed by atoms with Crippen molar-refractivity contribution in [2.45, 2.75) is 0 Å². The summed E-state index contributed by atoms with van der Waals surface area (Å²) in [5, 5.41) is 7.44. The van der Waals surface area contributed by atoms with Crippen molar-refractivity contribution in [3.63, 3.8) is 0 Å². The first kappa shape index (κ1) is 23.9. The van der Waals surface area contributed by atoms with Crippen LogP contribution in [0.5, 0.6) is 23.0 Å². The number of benzene rings is 7. The normalized spacial score (nSPS) is 12.1. The number of rotatable bonds is 3. The summed E-state index contributed by atoms with van der Waals surface area (Å²) < 4.78 is 18.6. The smallest absolute Gasteiger partial charge is 0.170 e. The minimum Gasteiger partial charge on any atom is -0.456 e. The number of furan rings is 1. The molecule has 1 aliphatic rings. The fourth-order valence-electron chi connectivity index (χ4n) is 6.25. The van der Waals surface area contributed by atoms with Gasteiger partial charge in [-0.1, -0.05) is 91.0 Å². The van der Waals surface area contributed by atoms with Gasteiger partial charge in [-0.2, -0.15) is 0 Å². The van der Waals surface area contributed by atoms with E-state index >= 15 is 0 Å². The summed E-state index contributed by atoms with van der Waals surface area (Å²) in [6, 6.07) is 50.4. The zero-order valence-electron chi connectivity index (χ0n) is 23.1. The van der Waals surface area contributed by atoms with E-state index in [0.717, 1.165) is 28.4 Å². The first-order valence-electron chi connectivity index (χ1n) is 14.4. The fraction of sp³-hybridized carbons (Fsp3) is 0. The molecule has 0 fully saturated rings. The number of ether oxygens (including phenoxy) is 2. The molecular weight excluding hydrogens is 528 g/mol. The molecule has 0 amide bonds. The van der Waals surface area contributed by atoms with Crippen molar-refractivity contribution in [3.05, 3.63) is 146 Å². The quantitative estimate of drug-likeness (QED) is 0.204. The van der Waals surface area contributed by atoms with Gasteiger partial charge < -0.3 is 13.9 Å². The minimum atomic E-state index is 0.674. The molecule has 7 aromatic carbocycles. The van der Waals surface area contributed by atoms with Crippen LogP contribution in [-0.4, -0.2) is 0 Å². The van der Waals surface area contributed by atoms with E-state index in [1.54, 1.807) is 0 Å². The maximum Gasteiger partial charge on any atom is 0.170 e. The number of fused-ring (bicyclic) bond motifs is 8. The summed E-state index contributed by atoms with van der Waals surface area (Å²) in [7, 11) is 0. The maximum absolute atomic E-state index is 6.45. The van der Waals surface area contributed by atoms with Gasteiger partial charge in [-0.25, -0.2) is 0 Å². The van der Waals surface area contributed by atoms with Gasteiger partial charge in [0, 0.05) is 11.1 Å². The van der Waals surface area contributed by atoms with Crippen molar-refractivity contribution < 1.29 is 13.9 Å². The van der Waals surface area contributed by atoms with Crippen LogP contribution in [0.15, 0.2) is 150 Å². The SMILES string of the molecule is c1ccc(-c2ccc3c(c2)c2ccccc2c2ccc(-c4ccc(-c5ccc6c(c5)Oc5ccccc5O6)o4)cc23)cc1. The largest absolute Gasteiger partial charge is 0.456 e. The molecule has 0 aliphatic carbocycles. The van der Waals surface area contributed by atoms with Crippen LogP contribution < -0.4 is 9.47 Å². The average molecular weight is 553 g/mol. The van der Waals surface area contributed by atoms with Crippen LogP contribution in [0, 0.1) is 0 Å². The summed E-state index contributed by atoms with van der Waals surface area (Å²) in [6.45, 7) is 0. The Kier molecular flexibility index (Phi) is 5.20. The Morgan fingerprint density at radius 1 is 0.279 bits per heavy atom. The number of hydrogen-bond acceptors (Lipinski definition) is 3. The molecule has 0 unspecified atom stereocenters. The molecule has 2 heterocycles. The highest BCUT2D eigenvalue weighted by molar-refractivity contribution is 6.26. The highest BCUT2D eigenvalue weighted by Crippen LogP contribution is 2.47. The summed E-state index contributed by atoms with van der Waals surface area (Å²) in [5.41, 5.74) is 4.40. The molecule has 0 spiro atoms. The molecule has 0 N–H and O–H groups in total. The second-order valence-electron chi connectivity index (χ2n) is 10.9. The first-order chi connectivity index (χ1) is 21.3. The predicted molar refractivity (Wildman–Crippen MR) is 174 cm³/mol. The van der Waals surface area contributed by atoms with E-state index in [2.05, 4.69) is 91.0 Å². The Bertz CT molecular complexity index is 2350. The van der Waals surface area contributed by atoms with Gasteiger partial charge in [0.15, 0.2) is 23.0 Å². The lowest BCUT2D eigenvalue weighted by atomic mass is 9.91. The fourth-order valence-corrected chi connectivity index (χ4v) is 6.25. The zero-order valence-corrected chi connectivity index (χ0v) is 23.1. The Hall–Kier alpha value is -5.80. The molecule has 0 radical (unpaired) electrons. The van der Waals surface area contributed by atoms with Crippen LogP contribution in [-0.2, 0) is 0 Å². The Morgan fingerprint density at radius 2 is 0.767 bits per heavy atom. The second-order valence-corrected chi connectivity index (χ2v) is 10.9. The molecule has 0 saturated carbocycles. The van der Waals surface area contributed by atoms with E-state index in [4.69, 9.17) is 13.9 Å². The molecule has 202 valence electrons. The van der Waals surface area contributed by atoms with Crippen LogP contribution in [0.25, 0.3) is 66.1 Å². The standard InChI is InChI=1S/C40H24O3/c1-2-8-25(9-3-1)26-14-17-32-33(22-26)30-11-5-4-10-29(30)31-18-15-27(23-34(31)32)35-20-21-36(41-35)28-16-19-39-40(24-28)43-38-13-7-6-12-37(38)42-39/h1-24H. The highest BCUT2D eigenvalue weighted by Gasteiger charge is 2.20. The minimum absolute atomic E-state index is 0.674. The summed E-state index contributed by atoms with van der Waals surface area (Å²) in [4.78, 5) is 0. The van der Waals surface area contributed by atoms with E-state index in [-0.39, 0.29) is 0 Å². The molecular formula is C40H24O3. The monoisotopic (exact) mass is 552 g/mol. The molecule has 9 rings (SSSR count). The third kappa shape index (κ3) is 3.90. The van der Waals surface area contributed by atoms with E-state index in [1.165, 1.54) is 43.4 Å². The molecule has 3 nitrogen and oxygen atoms in total. The van der Waals surface area contributed by atoms with Crippen molar-refractivity contribution >= 4 is 32.3 Å². The number of hydrogen-bond donors (Lipinski definition) is 0. The lowest BCUT2D eigenvalue weighted by Crippen LogP contribution is -1.98. The van der Waals surface area contributed by atoms with Gasteiger partial charge in [0.1, 0.15) is 11.5 Å². The van der Waals surface area contributed by atoms with E-state index in [1.807, 2.05) is 54.6 Å². The highest BCUT2D eigenvalue weighted by atomic mass is 16.6. The van der Waals surface area contributed by atoms with Crippen LogP contribution in [0.4, 0.5) is 0 Å². The van der Waals surface area contributed by atoms with E-state index in [9.17, 15) is 0 Å². The maximum atomic E-state index is 6.45. The molecule has 1 aliphatic heterocycles. The van der Waals surface area contributed by atoms with Gasteiger partial charge >= 0.3 is 0 Å². The lowest BCUT2D eigenvalue weighted by Gasteiger charge is -2.20. The lowest BCUT2D eigenvalue weighted by molar-refractivity contribution is 0.359. The molecule has 0 atom stereocenters. The van der Waals surface area contributed by atoms with E-state index < -0.39 is 0 Å². The third-order valence-corrected chi connectivity index (χ3v) is 8.35. The van der Waals surface area contributed by atoms with Gasteiger partial charge in [0.2, 0.25) is 0 Å². The number of para-hydroxylation sites is 2. The van der Waals surface area contributed by atoms with Gasteiger partial charge in [-0.3, -0.25) is 0 Å². The molecule has 8 aromatic rings. The Balaban J connectivity index is 1.14. The van der Waals surface area contributed by atoms with Gasteiger partial charge in [0.05, 0.1) is 0 Å². The van der Waals surface area contributed by atoms with Gasteiger partial charge in [0.25, 0.3) is 0 Å². The van der Waals surface area contributed by atoms with Crippen LogP contribution in [0.2, 0.25) is 0 Å². The molecule has 43 heavy (non-hydrogen) atoms. The van der Waals surface area contributed by atoms with Crippen molar-refractivity contribution in [2.75, 3.05) is 0 Å².